The van der Waals surface area contributed by atoms with Crippen LogP contribution < -0.4 is 15.5 Å². The van der Waals surface area contributed by atoms with Gasteiger partial charge in [-0.1, -0.05) is 6.07 Å². The van der Waals surface area contributed by atoms with E-state index in [0.29, 0.717) is 24.7 Å². The summed E-state index contributed by atoms with van der Waals surface area (Å²) in [5.41, 5.74) is 2.32. The first-order valence-electron chi connectivity index (χ1n) is 8.42. The van der Waals surface area contributed by atoms with Crippen LogP contribution in [0.1, 0.15) is 30.7 Å². The molecular formula is C17H21N5O2. The molecule has 24 heavy (non-hydrogen) atoms. The lowest BCUT2D eigenvalue weighted by atomic mass is 9.91. The summed E-state index contributed by atoms with van der Waals surface area (Å²) in [6.45, 7) is 2.47. The number of nitrogens with one attached hydrogen (secondary N) is 2. The van der Waals surface area contributed by atoms with Crippen molar-refractivity contribution in [3.8, 4) is 0 Å². The summed E-state index contributed by atoms with van der Waals surface area (Å²) in [6, 6.07) is 5.96. The smallest absolute Gasteiger partial charge is 0.316 e. The Labute approximate surface area is 140 Å². The fourth-order valence-corrected chi connectivity index (χ4v) is 3.61. The second-order valence-corrected chi connectivity index (χ2v) is 6.52. The van der Waals surface area contributed by atoms with E-state index in [-0.39, 0.29) is 5.91 Å². The molecule has 3 heterocycles. The summed E-state index contributed by atoms with van der Waals surface area (Å²) >= 11 is 0. The molecule has 0 bridgehead atoms. The van der Waals surface area contributed by atoms with Gasteiger partial charge in [0.15, 0.2) is 5.82 Å². The Bertz CT molecular complexity index is 807. The van der Waals surface area contributed by atoms with E-state index in [1.54, 1.807) is 4.90 Å². The maximum absolute atomic E-state index is 12.1. The molecule has 0 aliphatic carbocycles. The van der Waals surface area contributed by atoms with Crippen molar-refractivity contribution in [2.24, 2.45) is 7.05 Å². The van der Waals surface area contributed by atoms with Gasteiger partial charge < -0.3 is 5.32 Å². The van der Waals surface area contributed by atoms with E-state index >= 15 is 0 Å². The Hall–Kier alpha value is -2.41. The molecule has 1 atom stereocenters. The number of urea groups is 1. The quantitative estimate of drug-likeness (QED) is 0.876. The van der Waals surface area contributed by atoms with Gasteiger partial charge in [-0.25, -0.2) is 4.79 Å². The summed E-state index contributed by atoms with van der Waals surface area (Å²) in [6.07, 6.45) is 2.69. The molecule has 2 fully saturated rings. The lowest BCUT2D eigenvalue weighted by Gasteiger charge is -2.25. The van der Waals surface area contributed by atoms with E-state index < -0.39 is 6.03 Å². The van der Waals surface area contributed by atoms with Crippen molar-refractivity contribution in [1.82, 2.24) is 20.4 Å². The lowest BCUT2D eigenvalue weighted by molar-refractivity contribution is -0.120. The van der Waals surface area contributed by atoms with Crippen LogP contribution in [0.25, 0.3) is 10.9 Å². The number of carbonyl (C=O) groups excluding carboxylic acids is 2. The Kier molecular flexibility index (Phi) is 3.72. The summed E-state index contributed by atoms with van der Waals surface area (Å²) in [5, 5.41) is 11.3. The van der Waals surface area contributed by atoms with Crippen LogP contribution in [0.15, 0.2) is 18.2 Å². The third-order valence-electron chi connectivity index (χ3n) is 4.93. The summed E-state index contributed by atoms with van der Waals surface area (Å²) in [7, 11) is 1.89. The molecule has 2 aliphatic heterocycles. The summed E-state index contributed by atoms with van der Waals surface area (Å²) in [5.74, 6) is 0.909. The molecular weight excluding hydrogens is 306 g/mol. The molecule has 3 amide bonds. The zero-order valence-electron chi connectivity index (χ0n) is 13.7. The number of piperidine rings is 1. The highest BCUT2D eigenvalue weighted by molar-refractivity contribution is 6.08. The topological polar surface area (TPSA) is 79.3 Å². The van der Waals surface area contributed by atoms with Crippen molar-refractivity contribution in [3.05, 3.63) is 23.8 Å². The van der Waals surface area contributed by atoms with Crippen LogP contribution in [0.2, 0.25) is 0 Å². The van der Waals surface area contributed by atoms with Crippen molar-refractivity contribution in [1.29, 1.82) is 0 Å². The predicted octanol–water partition coefficient (Wildman–Crippen LogP) is 1.49. The van der Waals surface area contributed by atoms with Crippen molar-refractivity contribution in [3.63, 3.8) is 0 Å². The van der Waals surface area contributed by atoms with Crippen molar-refractivity contribution in [2.45, 2.75) is 25.2 Å². The van der Waals surface area contributed by atoms with E-state index in [1.165, 1.54) is 18.4 Å². The second kappa shape index (κ2) is 5.90. The molecule has 0 radical (unpaired) electrons. The maximum Gasteiger partial charge on any atom is 0.329 e. The number of nitrogens with zero attached hydrogens (tertiary/aromatic N) is 3. The van der Waals surface area contributed by atoms with Gasteiger partial charge in [0, 0.05) is 31.9 Å². The number of hydrogen-bond donors (Lipinski definition) is 2. The normalized spacial score (nSPS) is 22.0. The van der Waals surface area contributed by atoms with Gasteiger partial charge in [-0.15, -0.1) is 0 Å². The van der Waals surface area contributed by atoms with Crippen LogP contribution in [0, 0.1) is 0 Å². The summed E-state index contributed by atoms with van der Waals surface area (Å²) < 4.78 is 1.81. The average molecular weight is 327 g/mol. The number of hydrogen-bond acceptors (Lipinski definition) is 4. The lowest BCUT2D eigenvalue weighted by Crippen LogP contribution is -2.49. The second-order valence-electron chi connectivity index (χ2n) is 6.52. The van der Waals surface area contributed by atoms with Crippen LogP contribution >= 0.6 is 0 Å². The predicted molar refractivity (Wildman–Crippen MR) is 91.1 cm³/mol. The number of fused-ring (bicyclic) bond motifs is 1. The molecule has 7 nitrogen and oxygen atoms in total. The molecule has 1 aromatic carbocycles. The van der Waals surface area contributed by atoms with Crippen LogP contribution in [0.5, 0.6) is 0 Å². The fourth-order valence-electron chi connectivity index (χ4n) is 3.61. The summed E-state index contributed by atoms with van der Waals surface area (Å²) in [4.78, 5) is 25.0. The standard InChI is InChI=1S/C17H21N5O2/c1-21-14-9-11(12-3-2-7-18-10-12)4-5-13(14)16(20-21)22-8-6-15(23)19-17(22)24/h4-5,9,12,18H,2-3,6-8,10H2,1H3,(H,19,23,24)/t12-/m1/s1. The highest BCUT2D eigenvalue weighted by Gasteiger charge is 2.28. The first-order chi connectivity index (χ1) is 11.6. The third kappa shape index (κ3) is 2.54. The largest absolute Gasteiger partial charge is 0.329 e. The fraction of sp³-hybridized carbons (Fsp3) is 0.471. The monoisotopic (exact) mass is 327 g/mol. The van der Waals surface area contributed by atoms with Crippen molar-refractivity contribution < 1.29 is 9.59 Å². The van der Waals surface area contributed by atoms with Crippen LogP contribution in [-0.2, 0) is 11.8 Å². The Morgan fingerprint density at radius 2 is 2.17 bits per heavy atom. The van der Waals surface area contributed by atoms with E-state index in [2.05, 4.69) is 27.9 Å². The van der Waals surface area contributed by atoms with Gasteiger partial charge in [0.25, 0.3) is 0 Å². The van der Waals surface area contributed by atoms with Gasteiger partial charge in [-0.2, -0.15) is 5.10 Å². The van der Waals surface area contributed by atoms with E-state index in [4.69, 9.17) is 0 Å². The molecule has 0 spiro atoms. The Balaban J connectivity index is 1.71. The highest BCUT2D eigenvalue weighted by atomic mass is 16.2. The van der Waals surface area contributed by atoms with E-state index in [0.717, 1.165) is 24.0 Å². The molecule has 4 rings (SSSR count). The minimum absolute atomic E-state index is 0.233. The van der Waals surface area contributed by atoms with Crippen LogP contribution in [0.4, 0.5) is 10.6 Å². The van der Waals surface area contributed by atoms with Gasteiger partial charge in [0.1, 0.15) is 0 Å². The molecule has 2 aromatic rings. The maximum atomic E-state index is 12.1. The van der Waals surface area contributed by atoms with Gasteiger partial charge in [0.05, 0.1) is 5.52 Å². The van der Waals surface area contributed by atoms with E-state index in [9.17, 15) is 9.59 Å². The number of aryl methyl sites for hydroxylation is 1. The Morgan fingerprint density at radius 1 is 1.29 bits per heavy atom. The molecule has 0 saturated carbocycles. The Morgan fingerprint density at radius 3 is 2.92 bits per heavy atom. The van der Waals surface area contributed by atoms with Crippen LogP contribution in [0.3, 0.4) is 0 Å². The van der Waals surface area contributed by atoms with Crippen molar-refractivity contribution >= 4 is 28.7 Å². The average Bonchev–Trinajstić information content (AvgIpc) is 2.92. The molecule has 126 valence electrons. The highest BCUT2D eigenvalue weighted by Crippen LogP contribution is 2.31. The van der Waals surface area contributed by atoms with Crippen LogP contribution in [-0.4, -0.2) is 41.4 Å². The number of benzene rings is 1. The number of amides is 3. The third-order valence-corrected chi connectivity index (χ3v) is 4.93. The molecule has 1 aromatic heterocycles. The van der Waals surface area contributed by atoms with E-state index in [1.807, 2.05) is 17.8 Å². The van der Waals surface area contributed by atoms with Gasteiger partial charge in [-0.3, -0.25) is 19.7 Å². The number of aromatic nitrogens is 2. The van der Waals surface area contributed by atoms with Gasteiger partial charge in [0.2, 0.25) is 5.91 Å². The molecule has 2 N–H and O–H groups in total. The molecule has 2 aliphatic rings. The minimum Gasteiger partial charge on any atom is -0.316 e. The number of anilines is 1. The number of carbonyl (C=O) groups is 2. The minimum atomic E-state index is -0.396. The van der Waals surface area contributed by atoms with Gasteiger partial charge in [-0.05, 0) is 43.0 Å². The zero-order valence-corrected chi connectivity index (χ0v) is 13.7. The molecule has 0 unspecified atom stereocenters. The first-order valence-corrected chi connectivity index (χ1v) is 8.42. The molecule has 7 heteroatoms. The molecule has 2 saturated heterocycles. The SMILES string of the molecule is Cn1nc(N2CCC(=O)NC2=O)c2ccc([C@@H]3CCCNC3)cc21. The van der Waals surface area contributed by atoms with Crippen molar-refractivity contribution in [2.75, 3.05) is 24.5 Å². The number of rotatable bonds is 2. The van der Waals surface area contributed by atoms with Gasteiger partial charge >= 0.3 is 6.03 Å². The zero-order chi connectivity index (χ0) is 16.7. The first kappa shape index (κ1) is 15.1. The number of imide groups is 1.